The summed E-state index contributed by atoms with van der Waals surface area (Å²) in [6.45, 7) is 2.67. The molecule has 1 nitrogen and oxygen atoms in total. The van der Waals surface area contributed by atoms with E-state index in [1.165, 1.54) is 64.5 Å². The molecule has 1 atom stereocenters. The number of rotatable bonds is 3. The first-order valence-corrected chi connectivity index (χ1v) is 7.23. The Balaban J connectivity index is 1.78. The number of hydrogen-bond acceptors (Lipinski definition) is 1. The fraction of sp³-hybridized carbons (Fsp3) is 1.00. The van der Waals surface area contributed by atoms with Gasteiger partial charge in [-0.05, 0) is 38.1 Å². The average Bonchev–Trinajstić information content (AvgIpc) is 2.53. The summed E-state index contributed by atoms with van der Waals surface area (Å²) in [5, 5.41) is 0. The number of halogens is 1. The molecule has 0 radical (unpaired) electrons. The minimum atomic E-state index is 0.850. The Morgan fingerprint density at radius 3 is 2.40 bits per heavy atom. The molecule has 2 heteroatoms. The van der Waals surface area contributed by atoms with Gasteiger partial charge in [-0.1, -0.05) is 25.7 Å². The minimum absolute atomic E-state index is 0.850. The summed E-state index contributed by atoms with van der Waals surface area (Å²) in [6, 6.07) is 0.910. The van der Waals surface area contributed by atoms with Crippen molar-refractivity contribution in [2.45, 2.75) is 57.4 Å². The van der Waals surface area contributed by atoms with Gasteiger partial charge in [-0.3, -0.25) is 0 Å². The van der Waals surface area contributed by atoms with Crippen molar-refractivity contribution in [3.63, 3.8) is 0 Å². The molecule has 0 bridgehead atoms. The van der Waals surface area contributed by atoms with Crippen molar-refractivity contribution >= 4 is 11.6 Å². The molecule has 88 valence electrons. The number of alkyl halides is 1. The second-order valence-corrected chi connectivity index (χ2v) is 5.65. The highest BCUT2D eigenvalue weighted by atomic mass is 35.5. The highest BCUT2D eigenvalue weighted by Crippen LogP contribution is 2.28. The van der Waals surface area contributed by atoms with Crippen molar-refractivity contribution in [2.75, 3.05) is 19.0 Å². The quantitative estimate of drug-likeness (QED) is 0.528. The lowest BCUT2D eigenvalue weighted by Crippen LogP contribution is -2.32. The van der Waals surface area contributed by atoms with Crippen LogP contribution in [0.2, 0.25) is 0 Å². The first kappa shape index (κ1) is 11.7. The van der Waals surface area contributed by atoms with Crippen LogP contribution in [0.5, 0.6) is 0 Å². The third kappa shape index (κ3) is 3.35. The van der Waals surface area contributed by atoms with Crippen LogP contribution in [0.3, 0.4) is 0 Å². The van der Waals surface area contributed by atoms with Gasteiger partial charge >= 0.3 is 0 Å². The topological polar surface area (TPSA) is 3.24 Å². The predicted octanol–water partition coefficient (Wildman–Crippen LogP) is 3.66. The summed E-state index contributed by atoms with van der Waals surface area (Å²) < 4.78 is 0. The summed E-state index contributed by atoms with van der Waals surface area (Å²) in [4.78, 5) is 2.75. The van der Waals surface area contributed by atoms with E-state index in [0.717, 1.165) is 17.8 Å². The molecule has 1 heterocycles. The summed E-state index contributed by atoms with van der Waals surface area (Å²) in [7, 11) is 0. The number of likely N-dealkylation sites (tertiary alicyclic amines) is 1. The molecule has 1 saturated heterocycles. The monoisotopic (exact) mass is 229 g/mol. The summed E-state index contributed by atoms with van der Waals surface area (Å²) in [6.07, 6.45) is 11.4. The zero-order valence-electron chi connectivity index (χ0n) is 9.76. The van der Waals surface area contributed by atoms with Crippen LogP contribution in [0.25, 0.3) is 0 Å². The Hall–Kier alpha value is 0.250. The van der Waals surface area contributed by atoms with Crippen molar-refractivity contribution in [1.82, 2.24) is 4.90 Å². The molecule has 1 unspecified atom stereocenters. The molecule has 1 aliphatic carbocycles. The number of nitrogens with zero attached hydrogens (tertiary/aromatic N) is 1. The van der Waals surface area contributed by atoms with Gasteiger partial charge in [0.25, 0.3) is 0 Å². The Morgan fingerprint density at radius 2 is 1.73 bits per heavy atom. The zero-order chi connectivity index (χ0) is 10.5. The molecular weight excluding hydrogens is 206 g/mol. The fourth-order valence-corrected chi connectivity index (χ4v) is 3.52. The predicted molar refractivity (Wildman–Crippen MR) is 66.5 cm³/mol. The third-order valence-electron chi connectivity index (χ3n) is 4.18. The van der Waals surface area contributed by atoms with Crippen molar-refractivity contribution in [1.29, 1.82) is 0 Å². The average molecular weight is 230 g/mol. The third-order valence-corrected chi connectivity index (χ3v) is 4.39. The normalized spacial score (nSPS) is 30.6. The van der Waals surface area contributed by atoms with Crippen molar-refractivity contribution < 1.29 is 0 Å². The second-order valence-electron chi connectivity index (χ2n) is 5.27. The van der Waals surface area contributed by atoms with Crippen molar-refractivity contribution in [2.24, 2.45) is 5.92 Å². The molecule has 1 aliphatic heterocycles. The smallest absolute Gasteiger partial charge is 0.0226 e. The van der Waals surface area contributed by atoms with E-state index >= 15 is 0 Å². The van der Waals surface area contributed by atoms with E-state index in [9.17, 15) is 0 Å². The van der Waals surface area contributed by atoms with E-state index < -0.39 is 0 Å². The van der Waals surface area contributed by atoms with E-state index in [0.29, 0.717) is 0 Å². The van der Waals surface area contributed by atoms with Gasteiger partial charge in [0.05, 0.1) is 0 Å². The summed E-state index contributed by atoms with van der Waals surface area (Å²) in [5.41, 5.74) is 0. The maximum atomic E-state index is 5.82. The van der Waals surface area contributed by atoms with Crippen LogP contribution >= 0.6 is 11.6 Å². The Morgan fingerprint density at radius 1 is 1.00 bits per heavy atom. The fourth-order valence-electron chi connectivity index (χ4n) is 3.21. The lowest BCUT2D eigenvalue weighted by atomic mass is 10.1. The van der Waals surface area contributed by atoms with Crippen LogP contribution in [-0.4, -0.2) is 29.9 Å². The standard InChI is InChI=1S/C13H24ClN/c14-9-7-12-8-10-15(11-12)13-5-3-1-2-4-6-13/h12-13H,1-11H2. The van der Waals surface area contributed by atoms with Crippen LogP contribution < -0.4 is 0 Å². The second kappa shape index (κ2) is 6.10. The Labute approximate surface area is 99.2 Å². The minimum Gasteiger partial charge on any atom is -0.300 e. The summed E-state index contributed by atoms with van der Waals surface area (Å²) >= 11 is 5.82. The maximum Gasteiger partial charge on any atom is 0.0226 e. The van der Waals surface area contributed by atoms with Gasteiger partial charge in [0, 0.05) is 18.5 Å². The molecule has 0 aromatic heterocycles. The molecule has 0 N–H and O–H groups in total. The first-order valence-electron chi connectivity index (χ1n) is 6.70. The zero-order valence-corrected chi connectivity index (χ0v) is 10.5. The van der Waals surface area contributed by atoms with Crippen molar-refractivity contribution in [3.05, 3.63) is 0 Å². The van der Waals surface area contributed by atoms with E-state index in [1.54, 1.807) is 0 Å². The molecule has 0 spiro atoms. The van der Waals surface area contributed by atoms with Crippen LogP contribution in [0.4, 0.5) is 0 Å². The maximum absolute atomic E-state index is 5.82. The van der Waals surface area contributed by atoms with Crippen LogP contribution in [0.15, 0.2) is 0 Å². The Bertz CT molecular complexity index is 175. The van der Waals surface area contributed by atoms with Gasteiger partial charge in [-0.15, -0.1) is 11.6 Å². The first-order chi connectivity index (χ1) is 7.40. The van der Waals surface area contributed by atoms with Gasteiger partial charge in [0.15, 0.2) is 0 Å². The molecule has 2 rings (SSSR count). The molecular formula is C13H24ClN. The summed E-state index contributed by atoms with van der Waals surface area (Å²) in [5.74, 6) is 1.74. The Kier molecular flexibility index (Phi) is 4.77. The largest absolute Gasteiger partial charge is 0.300 e. The molecule has 0 aromatic carbocycles. The highest BCUT2D eigenvalue weighted by molar-refractivity contribution is 6.17. The van der Waals surface area contributed by atoms with Gasteiger partial charge in [-0.25, -0.2) is 0 Å². The highest BCUT2D eigenvalue weighted by Gasteiger charge is 2.27. The van der Waals surface area contributed by atoms with E-state index in [4.69, 9.17) is 11.6 Å². The van der Waals surface area contributed by atoms with Gasteiger partial charge in [0.2, 0.25) is 0 Å². The molecule has 0 amide bonds. The van der Waals surface area contributed by atoms with Crippen LogP contribution in [0.1, 0.15) is 51.4 Å². The van der Waals surface area contributed by atoms with Crippen LogP contribution in [0, 0.1) is 5.92 Å². The lowest BCUT2D eigenvalue weighted by Gasteiger charge is -2.26. The van der Waals surface area contributed by atoms with E-state index in [2.05, 4.69) is 4.90 Å². The van der Waals surface area contributed by atoms with Gasteiger partial charge in [-0.2, -0.15) is 0 Å². The number of hydrogen-bond donors (Lipinski definition) is 0. The lowest BCUT2D eigenvalue weighted by molar-refractivity contribution is 0.213. The molecule has 2 aliphatic rings. The molecule has 2 fully saturated rings. The molecule has 1 saturated carbocycles. The van der Waals surface area contributed by atoms with Crippen molar-refractivity contribution in [3.8, 4) is 0 Å². The molecule has 15 heavy (non-hydrogen) atoms. The SMILES string of the molecule is ClCCC1CCN(C2CCCCCC2)C1. The van der Waals surface area contributed by atoms with E-state index in [-0.39, 0.29) is 0 Å². The van der Waals surface area contributed by atoms with Gasteiger partial charge < -0.3 is 4.90 Å². The molecule has 0 aromatic rings. The van der Waals surface area contributed by atoms with Crippen LogP contribution in [-0.2, 0) is 0 Å². The van der Waals surface area contributed by atoms with E-state index in [1.807, 2.05) is 0 Å². The van der Waals surface area contributed by atoms with Gasteiger partial charge in [0.1, 0.15) is 0 Å².